The van der Waals surface area contributed by atoms with E-state index < -0.39 is 9.84 Å². The summed E-state index contributed by atoms with van der Waals surface area (Å²) in [7, 11) is -3.41. The second-order valence-electron chi connectivity index (χ2n) is 2.82. The molecule has 1 radical (unpaired) electrons. The van der Waals surface area contributed by atoms with E-state index >= 15 is 0 Å². The van der Waals surface area contributed by atoms with Crippen LogP contribution in [0.4, 0.5) is 5.69 Å². The molecule has 0 saturated heterocycles. The van der Waals surface area contributed by atoms with Crippen LogP contribution in [0.25, 0.3) is 0 Å². The molecule has 0 spiro atoms. The highest BCUT2D eigenvalue weighted by Crippen LogP contribution is 2.14. The third-order valence-electron chi connectivity index (χ3n) is 1.53. The normalized spacial score (nSPS) is 11.0. The van der Waals surface area contributed by atoms with E-state index in [0.717, 1.165) is 0 Å². The Morgan fingerprint density at radius 1 is 1.29 bits per heavy atom. The molecule has 0 bridgehead atoms. The molecule has 1 amide bonds. The highest BCUT2D eigenvalue weighted by atomic mass is 32.2. The monoisotopic (exact) mass is 212 g/mol. The maximum Gasteiger partial charge on any atom is 0.221 e. The standard InChI is InChI=1S/C9H10NO3S/c1-7(11)10-8-3-5-9(6-4-8)14(2,12)13/h3-6H,2H2,1H3,(H,10,11). The summed E-state index contributed by atoms with van der Waals surface area (Å²) in [6.45, 7) is 1.38. The SMILES string of the molecule is [CH2]S(=O)(=O)c1ccc(NC(C)=O)cc1. The molecule has 0 fully saturated rings. The zero-order valence-electron chi connectivity index (χ0n) is 7.65. The summed E-state index contributed by atoms with van der Waals surface area (Å²) >= 11 is 0. The van der Waals surface area contributed by atoms with Crippen molar-refractivity contribution in [1.29, 1.82) is 0 Å². The van der Waals surface area contributed by atoms with Crippen LogP contribution in [-0.4, -0.2) is 14.3 Å². The van der Waals surface area contributed by atoms with Gasteiger partial charge in [0.1, 0.15) is 0 Å². The summed E-state index contributed by atoms with van der Waals surface area (Å²) in [5.41, 5.74) is 0.560. The number of carbonyl (C=O) groups is 1. The smallest absolute Gasteiger partial charge is 0.221 e. The number of benzene rings is 1. The minimum absolute atomic E-state index is 0.131. The molecule has 1 aromatic rings. The fraction of sp³-hybridized carbons (Fsp3) is 0.111. The lowest BCUT2D eigenvalue weighted by Gasteiger charge is -2.02. The molecule has 0 aliphatic rings. The first kappa shape index (κ1) is 10.7. The Kier molecular flexibility index (Phi) is 2.90. The van der Waals surface area contributed by atoms with E-state index in [1.54, 1.807) is 0 Å². The zero-order chi connectivity index (χ0) is 10.8. The third kappa shape index (κ3) is 2.85. The van der Waals surface area contributed by atoms with Crippen LogP contribution < -0.4 is 5.32 Å². The first-order valence-corrected chi connectivity index (χ1v) is 5.50. The summed E-state index contributed by atoms with van der Waals surface area (Å²) in [5.74, 6) is -0.199. The highest BCUT2D eigenvalue weighted by molar-refractivity contribution is 7.92. The van der Waals surface area contributed by atoms with E-state index in [2.05, 4.69) is 11.6 Å². The summed E-state index contributed by atoms with van der Waals surface area (Å²) in [5, 5.41) is 2.53. The predicted molar refractivity (Wildman–Crippen MR) is 53.3 cm³/mol. The second-order valence-corrected chi connectivity index (χ2v) is 4.52. The second kappa shape index (κ2) is 3.79. The van der Waals surface area contributed by atoms with Gasteiger partial charge < -0.3 is 5.32 Å². The highest BCUT2D eigenvalue weighted by Gasteiger charge is 2.06. The lowest BCUT2D eigenvalue weighted by atomic mass is 10.3. The van der Waals surface area contributed by atoms with Crippen LogP contribution in [0.2, 0.25) is 0 Å². The van der Waals surface area contributed by atoms with Crippen molar-refractivity contribution in [2.75, 3.05) is 5.32 Å². The number of carbonyl (C=O) groups excluding carboxylic acids is 1. The maximum atomic E-state index is 11.0. The quantitative estimate of drug-likeness (QED) is 0.801. The summed E-state index contributed by atoms with van der Waals surface area (Å²) < 4.78 is 21.9. The number of hydrogen-bond donors (Lipinski definition) is 1. The van der Waals surface area contributed by atoms with Gasteiger partial charge in [0, 0.05) is 12.6 Å². The van der Waals surface area contributed by atoms with Gasteiger partial charge in [-0.1, -0.05) is 0 Å². The number of amides is 1. The molecular formula is C9H10NO3S. The fourth-order valence-corrected chi connectivity index (χ4v) is 1.50. The Bertz CT molecular complexity index is 434. The molecule has 1 rings (SSSR count). The van der Waals surface area contributed by atoms with Crippen LogP contribution in [0.15, 0.2) is 29.2 Å². The van der Waals surface area contributed by atoms with Crippen LogP contribution >= 0.6 is 0 Å². The van der Waals surface area contributed by atoms with Crippen molar-refractivity contribution in [3.8, 4) is 0 Å². The molecule has 0 saturated carbocycles. The van der Waals surface area contributed by atoms with Gasteiger partial charge in [-0.3, -0.25) is 4.79 Å². The number of sulfone groups is 1. The average Bonchev–Trinajstić information content (AvgIpc) is 2.02. The van der Waals surface area contributed by atoms with Crippen molar-refractivity contribution in [2.45, 2.75) is 11.8 Å². The number of anilines is 1. The van der Waals surface area contributed by atoms with Gasteiger partial charge in [0.25, 0.3) is 0 Å². The number of rotatable bonds is 2. The van der Waals surface area contributed by atoms with Gasteiger partial charge in [0.2, 0.25) is 5.91 Å². The minimum Gasteiger partial charge on any atom is -0.326 e. The van der Waals surface area contributed by atoms with Crippen molar-refractivity contribution in [3.63, 3.8) is 0 Å². The van der Waals surface area contributed by atoms with Crippen LogP contribution in [0, 0.1) is 6.26 Å². The molecule has 0 aromatic heterocycles. The molecule has 0 aliphatic heterocycles. The predicted octanol–water partition coefficient (Wildman–Crippen LogP) is 1.21. The Hall–Kier alpha value is -1.36. The zero-order valence-corrected chi connectivity index (χ0v) is 8.47. The van der Waals surface area contributed by atoms with Crippen molar-refractivity contribution < 1.29 is 13.2 Å². The number of hydrogen-bond acceptors (Lipinski definition) is 3. The van der Waals surface area contributed by atoms with Crippen molar-refractivity contribution >= 4 is 21.4 Å². The Morgan fingerprint density at radius 2 is 1.79 bits per heavy atom. The Labute approximate surface area is 82.9 Å². The van der Waals surface area contributed by atoms with Gasteiger partial charge in [-0.15, -0.1) is 0 Å². The molecule has 14 heavy (non-hydrogen) atoms. The van der Waals surface area contributed by atoms with E-state index in [9.17, 15) is 13.2 Å². The largest absolute Gasteiger partial charge is 0.326 e. The molecule has 75 valence electrons. The van der Waals surface area contributed by atoms with Crippen molar-refractivity contribution in [2.24, 2.45) is 0 Å². The molecular weight excluding hydrogens is 202 g/mol. The molecule has 1 N–H and O–H groups in total. The van der Waals surface area contributed by atoms with Crippen LogP contribution in [-0.2, 0) is 14.6 Å². The van der Waals surface area contributed by atoms with Gasteiger partial charge in [-0.05, 0) is 24.3 Å². The van der Waals surface area contributed by atoms with Gasteiger partial charge in [0.15, 0.2) is 9.84 Å². The van der Waals surface area contributed by atoms with Crippen LogP contribution in [0.3, 0.4) is 0 Å². The molecule has 1 aromatic carbocycles. The van der Waals surface area contributed by atoms with Crippen molar-refractivity contribution in [1.82, 2.24) is 0 Å². The summed E-state index contributed by atoms with van der Waals surface area (Å²) in [4.78, 5) is 10.8. The molecule has 4 nitrogen and oxygen atoms in total. The van der Waals surface area contributed by atoms with E-state index in [1.807, 2.05) is 0 Å². The first-order chi connectivity index (χ1) is 6.39. The third-order valence-corrected chi connectivity index (χ3v) is 2.52. The summed E-state index contributed by atoms with van der Waals surface area (Å²) in [6, 6.07) is 5.82. The Balaban J connectivity index is 2.95. The fourth-order valence-electron chi connectivity index (χ4n) is 0.949. The number of nitrogens with one attached hydrogen (secondary N) is 1. The summed E-state index contributed by atoms with van der Waals surface area (Å²) in [6.07, 6.45) is 3.02. The maximum absolute atomic E-state index is 11.0. The van der Waals surface area contributed by atoms with E-state index in [1.165, 1.54) is 31.2 Å². The van der Waals surface area contributed by atoms with Gasteiger partial charge in [-0.25, -0.2) is 8.42 Å². The molecule has 5 heteroatoms. The van der Waals surface area contributed by atoms with Gasteiger partial charge in [0.05, 0.1) is 11.2 Å². The molecule has 0 heterocycles. The minimum atomic E-state index is -3.41. The van der Waals surface area contributed by atoms with Crippen LogP contribution in [0.1, 0.15) is 6.92 Å². The van der Waals surface area contributed by atoms with Gasteiger partial charge >= 0.3 is 0 Å². The van der Waals surface area contributed by atoms with E-state index in [4.69, 9.17) is 0 Å². The lowest BCUT2D eigenvalue weighted by Crippen LogP contribution is -2.05. The van der Waals surface area contributed by atoms with Crippen molar-refractivity contribution in [3.05, 3.63) is 30.5 Å². The topological polar surface area (TPSA) is 63.2 Å². The van der Waals surface area contributed by atoms with E-state index in [0.29, 0.717) is 5.69 Å². The Morgan fingerprint density at radius 3 is 2.14 bits per heavy atom. The van der Waals surface area contributed by atoms with Crippen LogP contribution in [0.5, 0.6) is 0 Å². The first-order valence-electron chi connectivity index (χ1n) is 3.85. The lowest BCUT2D eigenvalue weighted by molar-refractivity contribution is -0.114. The molecule has 0 aliphatic carbocycles. The van der Waals surface area contributed by atoms with E-state index in [-0.39, 0.29) is 10.8 Å². The van der Waals surface area contributed by atoms with Gasteiger partial charge in [-0.2, -0.15) is 0 Å². The molecule has 0 unspecified atom stereocenters. The molecule has 0 atom stereocenters. The average molecular weight is 212 g/mol.